The second-order valence-corrected chi connectivity index (χ2v) is 25.9. The summed E-state index contributed by atoms with van der Waals surface area (Å²) < 4.78 is 0. The van der Waals surface area contributed by atoms with Crippen LogP contribution in [0.4, 0.5) is 0 Å². The molecule has 0 N–H and O–H groups in total. The first-order chi connectivity index (χ1) is 32.7. The number of allylic oxidation sites excluding steroid dienone is 1. The molecular formula is C59H58S8. The van der Waals surface area contributed by atoms with E-state index in [0.717, 1.165) is 24.2 Å². The van der Waals surface area contributed by atoms with E-state index in [2.05, 4.69) is 169 Å². The van der Waals surface area contributed by atoms with Crippen LogP contribution in [-0.2, 0) is 19.3 Å². The van der Waals surface area contributed by atoms with Crippen molar-refractivity contribution in [2.24, 2.45) is 0 Å². The fourth-order valence-corrected chi connectivity index (χ4v) is 17.6. The summed E-state index contributed by atoms with van der Waals surface area (Å²) in [4.78, 5) is 21.8. The van der Waals surface area contributed by atoms with E-state index in [-0.39, 0.29) is 0 Å². The van der Waals surface area contributed by atoms with Crippen LogP contribution in [0.1, 0.15) is 104 Å². The molecule has 0 atom stereocenters. The number of unbranched alkanes of at least 4 members (excludes halogenated alkanes) is 3. The van der Waals surface area contributed by atoms with Crippen LogP contribution in [0.25, 0.3) is 78.8 Å². The molecule has 0 radical (unpaired) electrons. The van der Waals surface area contributed by atoms with E-state index < -0.39 is 0 Å². The van der Waals surface area contributed by atoms with Gasteiger partial charge in [0.1, 0.15) is 0 Å². The minimum atomic E-state index is 1.08. The molecule has 0 unspecified atom stereocenters. The molecule has 0 saturated heterocycles. The number of benzene rings is 2. The summed E-state index contributed by atoms with van der Waals surface area (Å²) in [6.07, 6.45) is 12.8. The minimum Gasteiger partial charge on any atom is -0.134 e. The molecule has 0 aliphatic heterocycles. The van der Waals surface area contributed by atoms with Crippen molar-refractivity contribution in [3.8, 4) is 69.0 Å². The van der Waals surface area contributed by atoms with Gasteiger partial charge >= 0.3 is 0 Å². The van der Waals surface area contributed by atoms with Crippen molar-refractivity contribution in [3.63, 3.8) is 0 Å². The SMILES string of the molecule is C=C(S/C(=C\C)c1ccc(-c2ccc(-c3sc(-c4sc(-c5ccc(-c6ccc(-c7sc(-c8ccc(C)cc8)cc7CCCC)s6)s5)cc4CCCC)cc3CCCC)s2)s1)c1ccc(C)cc1. The Morgan fingerprint density at radius 2 is 0.851 bits per heavy atom. The molecular weight excluding hydrogens is 965 g/mol. The molecule has 0 saturated carbocycles. The average Bonchev–Trinajstić information content (AvgIpc) is 4.19. The first-order valence-corrected chi connectivity index (χ1v) is 30.2. The van der Waals surface area contributed by atoms with Crippen molar-refractivity contribution in [2.75, 3.05) is 0 Å². The van der Waals surface area contributed by atoms with Crippen LogP contribution in [-0.4, -0.2) is 0 Å². The van der Waals surface area contributed by atoms with Gasteiger partial charge in [0.05, 0.1) is 0 Å². The normalized spacial score (nSPS) is 11.9. The Bertz CT molecular complexity index is 3100. The van der Waals surface area contributed by atoms with E-state index in [1.54, 1.807) is 11.8 Å². The van der Waals surface area contributed by atoms with Crippen LogP contribution in [0.5, 0.6) is 0 Å². The van der Waals surface area contributed by atoms with Gasteiger partial charge in [-0.05, 0) is 154 Å². The summed E-state index contributed by atoms with van der Waals surface area (Å²) >= 11 is 15.5. The van der Waals surface area contributed by atoms with Crippen LogP contribution < -0.4 is 0 Å². The molecule has 0 fully saturated rings. The summed E-state index contributed by atoms with van der Waals surface area (Å²) in [6, 6.07) is 44.0. The largest absolute Gasteiger partial charge is 0.134 e. The highest BCUT2D eigenvalue weighted by atomic mass is 32.2. The van der Waals surface area contributed by atoms with Crippen molar-refractivity contribution in [1.82, 2.24) is 0 Å². The van der Waals surface area contributed by atoms with Crippen molar-refractivity contribution in [2.45, 2.75) is 99.3 Å². The van der Waals surface area contributed by atoms with Crippen molar-refractivity contribution < 1.29 is 0 Å². The summed E-state index contributed by atoms with van der Waals surface area (Å²) in [6.45, 7) is 17.8. The third-order valence-corrected chi connectivity index (χ3v) is 22.5. The van der Waals surface area contributed by atoms with Gasteiger partial charge in [0, 0.05) is 78.1 Å². The molecule has 0 bridgehead atoms. The van der Waals surface area contributed by atoms with Crippen LogP contribution >= 0.6 is 91.1 Å². The smallest absolute Gasteiger partial charge is 0.0481 e. The lowest BCUT2D eigenvalue weighted by atomic mass is 10.1. The van der Waals surface area contributed by atoms with E-state index in [4.69, 9.17) is 0 Å². The van der Waals surface area contributed by atoms with Crippen LogP contribution in [0.3, 0.4) is 0 Å². The van der Waals surface area contributed by atoms with Crippen molar-refractivity contribution >= 4 is 101 Å². The zero-order chi connectivity index (χ0) is 46.4. The highest BCUT2D eigenvalue weighted by molar-refractivity contribution is 8.16. The summed E-state index contributed by atoms with van der Waals surface area (Å²) in [5.74, 6) is 0. The molecule has 8 heteroatoms. The Balaban J connectivity index is 0.970. The van der Waals surface area contributed by atoms with E-state index in [9.17, 15) is 0 Å². The van der Waals surface area contributed by atoms with Crippen LogP contribution in [0, 0.1) is 13.8 Å². The summed E-state index contributed by atoms with van der Waals surface area (Å²) in [5.41, 5.74) is 9.59. The minimum absolute atomic E-state index is 1.08. The summed E-state index contributed by atoms with van der Waals surface area (Å²) in [5, 5.41) is 0. The Morgan fingerprint density at radius 3 is 1.39 bits per heavy atom. The maximum absolute atomic E-state index is 4.43. The van der Waals surface area contributed by atoms with Crippen LogP contribution in [0.2, 0.25) is 0 Å². The van der Waals surface area contributed by atoms with Gasteiger partial charge in [-0.25, -0.2) is 0 Å². The third-order valence-electron chi connectivity index (χ3n) is 12.1. The molecule has 7 heterocycles. The first-order valence-electron chi connectivity index (χ1n) is 23.7. The number of hydrogen-bond acceptors (Lipinski definition) is 8. The zero-order valence-electron chi connectivity index (χ0n) is 39.4. The van der Waals surface area contributed by atoms with E-state index in [1.165, 1.54) is 151 Å². The molecule has 342 valence electrons. The highest BCUT2D eigenvalue weighted by Crippen LogP contribution is 2.51. The maximum atomic E-state index is 4.43. The number of rotatable bonds is 20. The molecule has 0 aliphatic carbocycles. The number of aryl methyl sites for hydroxylation is 5. The Labute approximate surface area is 431 Å². The lowest BCUT2D eigenvalue weighted by Crippen LogP contribution is -1.84. The van der Waals surface area contributed by atoms with Crippen molar-refractivity contribution in [1.29, 1.82) is 0 Å². The Morgan fingerprint density at radius 1 is 0.448 bits per heavy atom. The molecule has 67 heavy (non-hydrogen) atoms. The number of thioether (sulfide) groups is 1. The van der Waals surface area contributed by atoms with Gasteiger partial charge in [0.15, 0.2) is 0 Å². The molecule has 0 aliphatic rings. The second kappa shape index (κ2) is 22.3. The zero-order valence-corrected chi connectivity index (χ0v) is 45.9. The van der Waals surface area contributed by atoms with Gasteiger partial charge in [-0.15, -0.1) is 79.4 Å². The highest BCUT2D eigenvalue weighted by Gasteiger charge is 2.22. The summed E-state index contributed by atoms with van der Waals surface area (Å²) in [7, 11) is 0. The topological polar surface area (TPSA) is 0 Å². The first kappa shape index (κ1) is 48.2. The molecule has 0 amide bonds. The van der Waals surface area contributed by atoms with Gasteiger partial charge in [-0.3, -0.25) is 0 Å². The average molecular weight is 1020 g/mol. The third kappa shape index (κ3) is 11.1. The lowest BCUT2D eigenvalue weighted by molar-refractivity contribution is 0.797. The lowest BCUT2D eigenvalue weighted by Gasteiger charge is -2.08. The monoisotopic (exact) mass is 1020 g/mol. The standard InChI is InChI=1S/C59H58S8/c1-8-12-15-42-34-54(41-24-20-38(6)21-25-41)65-57(42)52-32-30-50(63-52)48-28-29-51(62-48)55-35-43(16-13-9-2)59(66-55)56-36-44(17-14-10-3)58(67-56)53-33-31-49(64-53)47-27-26-46(61-47)45(11-4)60-39(7)40-22-18-37(5)19-23-40/h11,18-36H,7-10,12-17H2,1-6H3/b45-11-. The maximum Gasteiger partial charge on any atom is 0.0481 e. The molecule has 0 nitrogen and oxygen atoms in total. The molecule has 2 aromatic carbocycles. The Kier molecular flexibility index (Phi) is 16.0. The number of thiophene rings is 7. The molecule has 7 aromatic heterocycles. The number of hydrogen-bond donors (Lipinski definition) is 0. The van der Waals surface area contributed by atoms with Gasteiger partial charge in [0.2, 0.25) is 0 Å². The van der Waals surface area contributed by atoms with Gasteiger partial charge < -0.3 is 0 Å². The van der Waals surface area contributed by atoms with E-state index in [1.807, 2.05) is 79.4 Å². The quantitative estimate of drug-likeness (QED) is 0.0733. The second-order valence-electron chi connectivity index (χ2n) is 17.3. The molecule has 0 spiro atoms. The van der Waals surface area contributed by atoms with E-state index >= 15 is 0 Å². The van der Waals surface area contributed by atoms with Gasteiger partial charge in [-0.2, -0.15) is 0 Å². The fraction of sp³-hybridized carbons (Fsp3) is 0.254. The van der Waals surface area contributed by atoms with Gasteiger partial charge in [0.25, 0.3) is 0 Å². The molecule has 9 rings (SSSR count). The molecule has 9 aromatic rings. The fourth-order valence-electron chi connectivity index (χ4n) is 8.24. The van der Waals surface area contributed by atoms with Crippen molar-refractivity contribution in [3.05, 3.63) is 166 Å². The van der Waals surface area contributed by atoms with Gasteiger partial charge in [-0.1, -0.05) is 124 Å². The van der Waals surface area contributed by atoms with E-state index in [0.29, 0.717) is 0 Å². The van der Waals surface area contributed by atoms with Crippen LogP contribution in [0.15, 0.2) is 128 Å². The predicted octanol–water partition coefficient (Wildman–Crippen LogP) is 22.2. The Hall–Kier alpha value is -3.83. The predicted molar refractivity (Wildman–Crippen MR) is 312 cm³/mol.